The molecule has 0 saturated heterocycles. The number of fused-ring (bicyclic) bond motifs is 1. The van der Waals surface area contributed by atoms with Crippen LogP contribution in [0.25, 0.3) is 0 Å². The van der Waals surface area contributed by atoms with Crippen molar-refractivity contribution in [1.82, 2.24) is 10.1 Å². The van der Waals surface area contributed by atoms with Crippen LogP contribution >= 0.6 is 11.8 Å². The zero-order valence-corrected chi connectivity index (χ0v) is 15.8. The first-order chi connectivity index (χ1) is 13.5. The van der Waals surface area contributed by atoms with E-state index < -0.39 is 4.92 Å². The van der Waals surface area contributed by atoms with Gasteiger partial charge in [-0.05, 0) is 31.0 Å². The van der Waals surface area contributed by atoms with Crippen LogP contribution in [0.2, 0.25) is 0 Å². The number of carbonyl (C=O) groups excluding carboxylic acids is 1. The highest BCUT2D eigenvalue weighted by Gasteiger charge is 2.28. The van der Waals surface area contributed by atoms with Crippen LogP contribution in [0.4, 0.5) is 11.4 Å². The van der Waals surface area contributed by atoms with Gasteiger partial charge in [0.1, 0.15) is 0 Å². The molecular formula is C19H16N4O4S. The summed E-state index contributed by atoms with van der Waals surface area (Å²) in [7, 11) is 0. The number of nitro groups is 1. The average molecular weight is 396 g/mol. The van der Waals surface area contributed by atoms with Crippen molar-refractivity contribution in [2.45, 2.75) is 24.0 Å². The topological polar surface area (TPSA) is 102 Å². The molecule has 9 heteroatoms. The summed E-state index contributed by atoms with van der Waals surface area (Å²) in [6.45, 7) is 2.25. The molecule has 2 aromatic carbocycles. The second-order valence-electron chi connectivity index (χ2n) is 6.30. The molecule has 142 valence electrons. The van der Waals surface area contributed by atoms with Crippen molar-refractivity contribution in [1.29, 1.82) is 0 Å². The summed E-state index contributed by atoms with van der Waals surface area (Å²) in [6.07, 6.45) is 0.676. The zero-order valence-electron chi connectivity index (χ0n) is 15.0. The summed E-state index contributed by atoms with van der Waals surface area (Å²) in [5.74, 6) is 1.33. The molecule has 0 atom stereocenters. The molecule has 0 spiro atoms. The highest BCUT2D eigenvalue weighted by atomic mass is 32.2. The van der Waals surface area contributed by atoms with Crippen LogP contribution in [0.1, 0.15) is 27.6 Å². The van der Waals surface area contributed by atoms with E-state index in [1.807, 2.05) is 12.1 Å². The minimum atomic E-state index is -0.447. The molecule has 0 radical (unpaired) electrons. The third kappa shape index (κ3) is 3.48. The van der Waals surface area contributed by atoms with Gasteiger partial charge in [-0.25, -0.2) is 0 Å². The molecule has 1 aliphatic heterocycles. The Kier molecular flexibility index (Phi) is 4.82. The van der Waals surface area contributed by atoms with Crippen LogP contribution < -0.4 is 4.90 Å². The molecule has 0 unspecified atom stereocenters. The fourth-order valence-electron chi connectivity index (χ4n) is 3.14. The normalized spacial score (nSPS) is 12.8. The van der Waals surface area contributed by atoms with E-state index >= 15 is 0 Å². The zero-order chi connectivity index (χ0) is 19.7. The highest BCUT2D eigenvalue weighted by Crippen LogP contribution is 2.34. The smallest absolute Gasteiger partial charge is 0.271 e. The lowest BCUT2D eigenvalue weighted by atomic mass is 10.1. The maximum atomic E-state index is 13.2. The van der Waals surface area contributed by atoms with Gasteiger partial charge in [-0.2, -0.15) is 4.98 Å². The second kappa shape index (κ2) is 7.43. The molecule has 1 aromatic heterocycles. The van der Waals surface area contributed by atoms with Crippen LogP contribution in [-0.4, -0.2) is 27.5 Å². The minimum Gasteiger partial charge on any atom is -0.338 e. The molecule has 28 heavy (non-hydrogen) atoms. The third-order valence-electron chi connectivity index (χ3n) is 4.46. The van der Waals surface area contributed by atoms with Crippen LogP contribution in [0.5, 0.6) is 0 Å². The van der Waals surface area contributed by atoms with E-state index in [0.29, 0.717) is 41.7 Å². The average Bonchev–Trinajstić information content (AvgIpc) is 3.31. The van der Waals surface area contributed by atoms with Gasteiger partial charge in [0.05, 0.1) is 21.9 Å². The number of anilines is 1. The van der Waals surface area contributed by atoms with Gasteiger partial charge in [0, 0.05) is 23.6 Å². The SMILES string of the molecule is Cc1noc(CSc2ccccc2C(=O)N2CCc3ccc([N+](=O)[O-])cc32)n1. The van der Waals surface area contributed by atoms with Crippen LogP contribution in [0, 0.1) is 17.0 Å². The molecule has 2 heterocycles. The number of aromatic nitrogens is 2. The Balaban J connectivity index is 1.60. The lowest BCUT2D eigenvalue weighted by Gasteiger charge is -2.19. The minimum absolute atomic E-state index is 0.0205. The fraction of sp³-hybridized carbons (Fsp3) is 0.211. The van der Waals surface area contributed by atoms with E-state index in [0.717, 1.165) is 10.5 Å². The summed E-state index contributed by atoms with van der Waals surface area (Å²) in [6, 6.07) is 12.0. The van der Waals surface area contributed by atoms with Gasteiger partial charge in [0.15, 0.2) is 5.82 Å². The van der Waals surface area contributed by atoms with Crippen molar-refractivity contribution < 1.29 is 14.2 Å². The summed E-state index contributed by atoms with van der Waals surface area (Å²) < 4.78 is 5.13. The lowest BCUT2D eigenvalue weighted by molar-refractivity contribution is -0.384. The van der Waals surface area contributed by atoms with Crippen LogP contribution in [-0.2, 0) is 12.2 Å². The van der Waals surface area contributed by atoms with Crippen molar-refractivity contribution in [3.8, 4) is 0 Å². The van der Waals surface area contributed by atoms with E-state index in [-0.39, 0.29) is 11.6 Å². The second-order valence-corrected chi connectivity index (χ2v) is 7.31. The number of nitro benzene ring substituents is 1. The molecule has 0 aliphatic carbocycles. The first-order valence-electron chi connectivity index (χ1n) is 8.63. The Bertz CT molecular complexity index is 1070. The predicted molar refractivity (Wildman–Crippen MR) is 104 cm³/mol. The number of thioether (sulfide) groups is 1. The monoisotopic (exact) mass is 396 g/mol. The van der Waals surface area contributed by atoms with E-state index in [1.165, 1.54) is 23.9 Å². The number of hydrogen-bond donors (Lipinski definition) is 0. The molecule has 0 saturated carbocycles. The first kappa shape index (κ1) is 18.2. The van der Waals surface area contributed by atoms with Gasteiger partial charge < -0.3 is 9.42 Å². The number of carbonyl (C=O) groups is 1. The van der Waals surface area contributed by atoms with Gasteiger partial charge in [0.25, 0.3) is 11.6 Å². The Morgan fingerprint density at radius 1 is 1.32 bits per heavy atom. The molecule has 3 aromatic rings. The largest absolute Gasteiger partial charge is 0.338 e. The van der Waals surface area contributed by atoms with Crippen molar-refractivity contribution >= 4 is 29.0 Å². The number of aryl methyl sites for hydroxylation is 1. The van der Waals surface area contributed by atoms with Gasteiger partial charge in [-0.3, -0.25) is 14.9 Å². The van der Waals surface area contributed by atoms with E-state index in [9.17, 15) is 14.9 Å². The van der Waals surface area contributed by atoms with Gasteiger partial charge >= 0.3 is 0 Å². The molecular weight excluding hydrogens is 380 g/mol. The maximum Gasteiger partial charge on any atom is 0.271 e. The Morgan fingerprint density at radius 3 is 2.89 bits per heavy atom. The Morgan fingerprint density at radius 2 is 2.14 bits per heavy atom. The number of amides is 1. The number of hydrogen-bond acceptors (Lipinski definition) is 7. The van der Waals surface area contributed by atoms with E-state index in [4.69, 9.17) is 4.52 Å². The standard InChI is InChI=1S/C19H16N4O4S/c1-12-20-18(27-21-12)11-28-17-5-3-2-4-15(17)19(24)22-9-8-13-6-7-14(23(25)26)10-16(13)22/h2-7,10H,8-9,11H2,1H3. The van der Waals surface area contributed by atoms with E-state index in [1.54, 1.807) is 30.0 Å². The first-order valence-corrected chi connectivity index (χ1v) is 9.61. The van der Waals surface area contributed by atoms with Gasteiger partial charge in [-0.1, -0.05) is 23.4 Å². The molecule has 1 amide bonds. The van der Waals surface area contributed by atoms with E-state index in [2.05, 4.69) is 10.1 Å². The molecule has 1 aliphatic rings. The molecule has 0 N–H and O–H groups in total. The third-order valence-corrected chi connectivity index (χ3v) is 5.52. The predicted octanol–water partition coefficient (Wildman–Crippen LogP) is 3.78. The fourth-order valence-corrected chi connectivity index (χ4v) is 4.03. The van der Waals surface area contributed by atoms with Crippen molar-refractivity contribution in [3.05, 3.63) is 75.4 Å². The van der Waals surface area contributed by atoms with Gasteiger partial charge in [0.2, 0.25) is 5.89 Å². The number of non-ortho nitro benzene ring substituents is 1. The Labute approximate surface area is 164 Å². The molecule has 8 nitrogen and oxygen atoms in total. The molecule has 4 rings (SSSR count). The lowest BCUT2D eigenvalue weighted by Crippen LogP contribution is -2.29. The summed E-state index contributed by atoms with van der Waals surface area (Å²) in [4.78, 5) is 30.5. The summed E-state index contributed by atoms with van der Waals surface area (Å²) >= 11 is 1.44. The number of nitrogens with zero attached hydrogens (tertiary/aromatic N) is 4. The van der Waals surface area contributed by atoms with Crippen LogP contribution in [0.3, 0.4) is 0 Å². The van der Waals surface area contributed by atoms with Crippen molar-refractivity contribution in [2.75, 3.05) is 11.4 Å². The van der Waals surface area contributed by atoms with Crippen LogP contribution in [0.15, 0.2) is 51.9 Å². The van der Waals surface area contributed by atoms with Crippen molar-refractivity contribution in [2.24, 2.45) is 0 Å². The summed E-state index contributed by atoms with van der Waals surface area (Å²) in [5, 5.41) is 14.9. The quantitative estimate of drug-likeness (QED) is 0.367. The van der Waals surface area contributed by atoms with Gasteiger partial charge in [-0.15, -0.1) is 11.8 Å². The number of rotatable bonds is 5. The Hall–Kier alpha value is -3.20. The highest BCUT2D eigenvalue weighted by molar-refractivity contribution is 7.98. The number of benzene rings is 2. The molecule has 0 bridgehead atoms. The van der Waals surface area contributed by atoms with Crippen molar-refractivity contribution in [3.63, 3.8) is 0 Å². The maximum absolute atomic E-state index is 13.2. The molecule has 0 fully saturated rings. The summed E-state index contributed by atoms with van der Waals surface area (Å²) in [5.41, 5.74) is 2.06.